The Morgan fingerprint density at radius 3 is 2.32 bits per heavy atom. The number of benzene rings is 2. The third kappa shape index (κ3) is 3.60. The molecule has 2 aromatic rings. The molecule has 0 aliphatic carbocycles. The SMILES string of the molecule is O=C(Nc1cccc(N2CCCC2)c1)c1ccc(N2C(=O)CCS2(=O)=O)cc1. The number of sulfonamides is 1. The molecule has 0 aromatic heterocycles. The molecule has 28 heavy (non-hydrogen) atoms. The van der Waals surface area contributed by atoms with Crippen LogP contribution in [0.15, 0.2) is 48.5 Å². The molecule has 2 saturated heterocycles. The molecule has 2 aliphatic heterocycles. The lowest BCUT2D eigenvalue weighted by molar-refractivity contribution is -0.116. The molecule has 2 amide bonds. The van der Waals surface area contributed by atoms with Crippen molar-refractivity contribution in [1.82, 2.24) is 0 Å². The van der Waals surface area contributed by atoms with Crippen molar-refractivity contribution in [2.24, 2.45) is 0 Å². The van der Waals surface area contributed by atoms with Gasteiger partial charge in [-0.3, -0.25) is 9.59 Å². The van der Waals surface area contributed by atoms with Crippen LogP contribution in [0, 0.1) is 0 Å². The van der Waals surface area contributed by atoms with Gasteiger partial charge in [-0.25, -0.2) is 12.7 Å². The molecule has 0 spiro atoms. The lowest BCUT2D eigenvalue weighted by Gasteiger charge is -2.18. The standard InChI is InChI=1S/C20H21N3O4S/c24-19-10-13-28(26,27)23(19)17-8-6-15(7-9-17)20(25)21-16-4-3-5-18(14-16)22-11-1-2-12-22/h3-9,14H,1-2,10-13H2,(H,21,25). The Labute approximate surface area is 164 Å². The first-order chi connectivity index (χ1) is 13.4. The first kappa shape index (κ1) is 18.5. The maximum absolute atomic E-state index is 12.5. The van der Waals surface area contributed by atoms with Gasteiger partial charge in [-0.2, -0.15) is 0 Å². The summed E-state index contributed by atoms with van der Waals surface area (Å²) >= 11 is 0. The fourth-order valence-corrected chi connectivity index (χ4v) is 5.04. The zero-order valence-corrected chi connectivity index (χ0v) is 16.1. The van der Waals surface area contributed by atoms with Gasteiger partial charge >= 0.3 is 0 Å². The fraction of sp³-hybridized carbons (Fsp3) is 0.300. The maximum Gasteiger partial charge on any atom is 0.255 e. The minimum absolute atomic E-state index is 0.0159. The summed E-state index contributed by atoms with van der Waals surface area (Å²) in [4.78, 5) is 26.7. The molecule has 7 nitrogen and oxygen atoms in total. The first-order valence-corrected chi connectivity index (χ1v) is 10.9. The number of nitrogens with zero attached hydrogens (tertiary/aromatic N) is 2. The summed E-state index contributed by atoms with van der Waals surface area (Å²) < 4.78 is 24.8. The minimum Gasteiger partial charge on any atom is -0.371 e. The number of carbonyl (C=O) groups excluding carboxylic acids is 2. The van der Waals surface area contributed by atoms with Gasteiger partial charge in [0.05, 0.1) is 11.4 Å². The molecule has 0 saturated carbocycles. The van der Waals surface area contributed by atoms with Gasteiger partial charge in [0.25, 0.3) is 5.91 Å². The van der Waals surface area contributed by atoms with E-state index in [1.807, 2.05) is 24.3 Å². The van der Waals surface area contributed by atoms with Crippen LogP contribution < -0.4 is 14.5 Å². The topological polar surface area (TPSA) is 86.8 Å². The van der Waals surface area contributed by atoms with E-state index < -0.39 is 15.9 Å². The Morgan fingerprint density at radius 1 is 0.964 bits per heavy atom. The lowest BCUT2D eigenvalue weighted by atomic mass is 10.2. The monoisotopic (exact) mass is 399 g/mol. The van der Waals surface area contributed by atoms with Crippen LogP contribution >= 0.6 is 0 Å². The second kappa shape index (κ2) is 7.27. The number of rotatable bonds is 4. The van der Waals surface area contributed by atoms with Crippen molar-refractivity contribution in [2.45, 2.75) is 19.3 Å². The van der Waals surface area contributed by atoms with Crippen molar-refractivity contribution in [3.63, 3.8) is 0 Å². The molecule has 0 bridgehead atoms. The highest BCUT2D eigenvalue weighted by Crippen LogP contribution is 2.26. The van der Waals surface area contributed by atoms with Crippen LogP contribution in [0.4, 0.5) is 17.1 Å². The van der Waals surface area contributed by atoms with E-state index in [0.717, 1.165) is 23.1 Å². The lowest BCUT2D eigenvalue weighted by Crippen LogP contribution is -2.29. The average molecular weight is 399 g/mol. The van der Waals surface area contributed by atoms with Crippen LogP contribution in [0.2, 0.25) is 0 Å². The molecular formula is C20H21N3O4S. The second-order valence-electron chi connectivity index (χ2n) is 6.97. The molecule has 1 N–H and O–H groups in total. The van der Waals surface area contributed by atoms with Crippen LogP contribution in [-0.4, -0.2) is 39.1 Å². The molecule has 0 atom stereocenters. The number of hydrogen-bond acceptors (Lipinski definition) is 5. The Kier molecular flexibility index (Phi) is 4.80. The van der Waals surface area contributed by atoms with E-state index in [0.29, 0.717) is 11.3 Å². The molecule has 2 aromatic carbocycles. The van der Waals surface area contributed by atoms with Gasteiger partial charge in [-0.15, -0.1) is 0 Å². The largest absolute Gasteiger partial charge is 0.371 e. The molecule has 2 heterocycles. The third-order valence-corrected chi connectivity index (χ3v) is 6.71. The average Bonchev–Trinajstić information content (AvgIpc) is 3.30. The highest BCUT2D eigenvalue weighted by atomic mass is 32.2. The van der Waals surface area contributed by atoms with E-state index in [-0.39, 0.29) is 23.8 Å². The van der Waals surface area contributed by atoms with Crippen molar-refractivity contribution in [3.05, 3.63) is 54.1 Å². The second-order valence-corrected chi connectivity index (χ2v) is 8.91. The molecule has 0 radical (unpaired) electrons. The zero-order chi connectivity index (χ0) is 19.7. The third-order valence-electron chi connectivity index (χ3n) is 5.02. The van der Waals surface area contributed by atoms with Gasteiger partial charge in [0.1, 0.15) is 0 Å². The van der Waals surface area contributed by atoms with E-state index in [9.17, 15) is 18.0 Å². The van der Waals surface area contributed by atoms with E-state index in [1.54, 1.807) is 0 Å². The van der Waals surface area contributed by atoms with Crippen molar-refractivity contribution in [1.29, 1.82) is 0 Å². The number of anilines is 3. The first-order valence-electron chi connectivity index (χ1n) is 9.26. The number of amides is 2. The predicted molar refractivity (Wildman–Crippen MR) is 108 cm³/mol. The van der Waals surface area contributed by atoms with Crippen LogP contribution in [0.5, 0.6) is 0 Å². The van der Waals surface area contributed by atoms with E-state index in [4.69, 9.17) is 0 Å². The zero-order valence-electron chi connectivity index (χ0n) is 15.3. The van der Waals surface area contributed by atoms with Crippen molar-refractivity contribution >= 4 is 38.9 Å². The summed E-state index contributed by atoms with van der Waals surface area (Å²) in [5.41, 5.74) is 2.44. The van der Waals surface area contributed by atoms with E-state index in [2.05, 4.69) is 10.2 Å². The molecule has 2 fully saturated rings. The highest BCUT2D eigenvalue weighted by Gasteiger charge is 2.36. The molecule has 0 unspecified atom stereocenters. The smallest absolute Gasteiger partial charge is 0.255 e. The fourth-order valence-electron chi connectivity index (χ4n) is 3.58. The normalized spacial score (nSPS) is 18.5. The highest BCUT2D eigenvalue weighted by molar-refractivity contribution is 7.94. The summed E-state index contributed by atoms with van der Waals surface area (Å²) in [5.74, 6) is -0.918. The Morgan fingerprint density at radius 2 is 1.68 bits per heavy atom. The van der Waals surface area contributed by atoms with Gasteiger partial charge in [-0.05, 0) is 55.3 Å². The Hall–Kier alpha value is -2.87. The van der Waals surface area contributed by atoms with Crippen molar-refractivity contribution in [3.8, 4) is 0 Å². The summed E-state index contributed by atoms with van der Waals surface area (Å²) in [6, 6.07) is 13.7. The molecule has 2 aliphatic rings. The van der Waals surface area contributed by atoms with Crippen molar-refractivity contribution < 1.29 is 18.0 Å². The molecule has 4 rings (SSSR count). The summed E-state index contributed by atoms with van der Waals surface area (Å²) in [6.45, 7) is 2.05. The quantitative estimate of drug-likeness (QED) is 0.854. The van der Waals surface area contributed by atoms with Gasteiger partial charge in [0, 0.05) is 36.4 Å². The minimum atomic E-state index is -3.61. The summed E-state index contributed by atoms with van der Waals surface area (Å²) in [7, 11) is -3.61. The molecule has 146 valence electrons. The number of hydrogen-bond donors (Lipinski definition) is 1. The predicted octanol–water partition coefficient (Wildman–Crippen LogP) is 2.61. The van der Waals surface area contributed by atoms with Crippen LogP contribution in [-0.2, 0) is 14.8 Å². The van der Waals surface area contributed by atoms with E-state index in [1.165, 1.54) is 37.1 Å². The van der Waals surface area contributed by atoms with Gasteiger partial charge in [-0.1, -0.05) is 6.07 Å². The van der Waals surface area contributed by atoms with E-state index >= 15 is 0 Å². The Bertz CT molecular complexity index is 1010. The maximum atomic E-state index is 12.5. The van der Waals surface area contributed by atoms with Crippen LogP contribution in [0.25, 0.3) is 0 Å². The van der Waals surface area contributed by atoms with Gasteiger partial charge < -0.3 is 10.2 Å². The molecular weight excluding hydrogens is 378 g/mol. The number of carbonyl (C=O) groups is 2. The summed E-state index contributed by atoms with van der Waals surface area (Å²) in [6.07, 6.45) is 2.34. The van der Waals surface area contributed by atoms with Crippen molar-refractivity contribution in [2.75, 3.05) is 33.4 Å². The summed E-state index contributed by atoms with van der Waals surface area (Å²) in [5, 5.41) is 2.87. The molecule has 8 heteroatoms. The van der Waals surface area contributed by atoms with Gasteiger partial charge in [0.2, 0.25) is 15.9 Å². The number of nitrogens with one attached hydrogen (secondary N) is 1. The van der Waals surface area contributed by atoms with Crippen LogP contribution in [0.3, 0.4) is 0 Å². The van der Waals surface area contributed by atoms with Crippen LogP contribution in [0.1, 0.15) is 29.6 Å². The van der Waals surface area contributed by atoms with Gasteiger partial charge in [0.15, 0.2) is 0 Å². The Balaban J connectivity index is 1.48.